The second kappa shape index (κ2) is 6.39. The fourth-order valence-corrected chi connectivity index (χ4v) is 2.93. The molecule has 4 nitrogen and oxygen atoms in total. The zero-order valence-electron chi connectivity index (χ0n) is 12.7. The molecule has 0 aromatic heterocycles. The van der Waals surface area contributed by atoms with Crippen molar-refractivity contribution in [2.75, 3.05) is 26.2 Å². The van der Waals surface area contributed by atoms with Crippen LogP contribution in [-0.4, -0.2) is 54.3 Å². The van der Waals surface area contributed by atoms with Crippen LogP contribution in [0.5, 0.6) is 5.75 Å². The van der Waals surface area contributed by atoms with Crippen molar-refractivity contribution in [3.63, 3.8) is 0 Å². The highest BCUT2D eigenvalue weighted by Crippen LogP contribution is 2.28. The molecule has 0 unspecified atom stereocenters. The van der Waals surface area contributed by atoms with Crippen molar-refractivity contribution in [1.82, 2.24) is 9.80 Å². The molecule has 2 aliphatic rings. The number of amides is 1. The van der Waals surface area contributed by atoms with Crippen LogP contribution in [-0.2, 0) is 0 Å². The van der Waals surface area contributed by atoms with Gasteiger partial charge in [0, 0.05) is 37.8 Å². The maximum absolute atomic E-state index is 12.5. The maximum atomic E-state index is 12.5. The van der Waals surface area contributed by atoms with Gasteiger partial charge in [-0.05, 0) is 43.5 Å². The van der Waals surface area contributed by atoms with Crippen molar-refractivity contribution >= 4 is 5.91 Å². The quantitative estimate of drug-likeness (QED) is 0.855. The van der Waals surface area contributed by atoms with E-state index in [1.807, 2.05) is 0 Å². The molecule has 1 aliphatic carbocycles. The first-order valence-corrected chi connectivity index (χ1v) is 7.81. The van der Waals surface area contributed by atoms with E-state index in [0.717, 1.165) is 19.5 Å². The Bertz CT molecular complexity index is 555. The van der Waals surface area contributed by atoms with Crippen LogP contribution in [0.15, 0.2) is 24.3 Å². The third kappa shape index (κ3) is 4.37. The van der Waals surface area contributed by atoms with Crippen LogP contribution < -0.4 is 4.74 Å². The molecule has 126 valence electrons. The summed E-state index contributed by atoms with van der Waals surface area (Å²) in [4.78, 5) is 16.7. The molecule has 2 fully saturated rings. The Labute approximate surface area is 132 Å². The van der Waals surface area contributed by atoms with Gasteiger partial charge in [-0.25, -0.2) is 0 Å². The Morgan fingerprint density at radius 3 is 2.35 bits per heavy atom. The van der Waals surface area contributed by atoms with E-state index in [1.54, 1.807) is 4.90 Å². The molecule has 1 heterocycles. The van der Waals surface area contributed by atoms with Gasteiger partial charge in [-0.3, -0.25) is 9.69 Å². The summed E-state index contributed by atoms with van der Waals surface area (Å²) in [6, 6.07) is 5.80. The van der Waals surface area contributed by atoms with Gasteiger partial charge in [-0.2, -0.15) is 0 Å². The van der Waals surface area contributed by atoms with Gasteiger partial charge in [0.05, 0.1) is 0 Å². The minimum Gasteiger partial charge on any atom is -0.406 e. The molecule has 1 aromatic rings. The minimum absolute atomic E-state index is 0.138. The predicted molar refractivity (Wildman–Crippen MR) is 78.2 cm³/mol. The summed E-state index contributed by atoms with van der Waals surface area (Å²) in [5.74, 6) is -0.453. The third-order valence-electron chi connectivity index (χ3n) is 4.22. The van der Waals surface area contributed by atoms with Crippen LogP contribution in [0.1, 0.15) is 29.6 Å². The Balaban J connectivity index is 1.60. The van der Waals surface area contributed by atoms with Gasteiger partial charge in [0.15, 0.2) is 0 Å². The number of carbonyl (C=O) groups is 1. The molecule has 1 saturated heterocycles. The van der Waals surface area contributed by atoms with Crippen LogP contribution in [0.2, 0.25) is 0 Å². The summed E-state index contributed by atoms with van der Waals surface area (Å²) < 4.78 is 40.2. The standard InChI is InChI=1S/C16H19F3N2O2/c17-16(18,19)23-14-6-2-12(3-7-14)15(22)21-9-1-8-20(10-11-21)13-4-5-13/h2-3,6-7,13H,1,4-5,8-11H2. The highest BCUT2D eigenvalue weighted by Gasteiger charge is 2.32. The van der Waals surface area contributed by atoms with E-state index < -0.39 is 6.36 Å². The summed E-state index contributed by atoms with van der Waals surface area (Å²) in [5, 5.41) is 0. The van der Waals surface area contributed by atoms with Crippen LogP contribution in [0.4, 0.5) is 13.2 Å². The van der Waals surface area contributed by atoms with E-state index in [1.165, 1.54) is 37.1 Å². The normalized spacial score (nSPS) is 20.2. The number of ether oxygens (including phenoxy) is 1. The van der Waals surface area contributed by atoms with E-state index in [2.05, 4.69) is 9.64 Å². The highest BCUT2D eigenvalue weighted by molar-refractivity contribution is 5.94. The Hall–Kier alpha value is -1.76. The van der Waals surface area contributed by atoms with Crippen molar-refractivity contribution in [1.29, 1.82) is 0 Å². The average molecular weight is 328 g/mol. The first-order chi connectivity index (χ1) is 10.9. The molecule has 0 N–H and O–H groups in total. The lowest BCUT2D eigenvalue weighted by molar-refractivity contribution is -0.274. The SMILES string of the molecule is O=C(c1ccc(OC(F)(F)F)cc1)N1CCCN(C2CC2)CC1. The van der Waals surface area contributed by atoms with Crippen molar-refractivity contribution in [3.8, 4) is 5.75 Å². The molecule has 0 bridgehead atoms. The van der Waals surface area contributed by atoms with Crippen LogP contribution in [0.3, 0.4) is 0 Å². The first kappa shape index (κ1) is 16.1. The lowest BCUT2D eigenvalue weighted by Gasteiger charge is -2.22. The Kier molecular flexibility index (Phi) is 4.48. The predicted octanol–water partition coefficient (Wildman–Crippen LogP) is 2.90. The molecule has 1 saturated carbocycles. The lowest BCUT2D eigenvalue weighted by Crippen LogP contribution is -2.35. The topological polar surface area (TPSA) is 32.8 Å². The van der Waals surface area contributed by atoms with Gasteiger partial charge in [-0.15, -0.1) is 13.2 Å². The van der Waals surface area contributed by atoms with Gasteiger partial charge < -0.3 is 9.64 Å². The van der Waals surface area contributed by atoms with Gasteiger partial charge in [-0.1, -0.05) is 0 Å². The Morgan fingerprint density at radius 2 is 1.74 bits per heavy atom. The van der Waals surface area contributed by atoms with Gasteiger partial charge in [0.25, 0.3) is 5.91 Å². The van der Waals surface area contributed by atoms with E-state index in [0.29, 0.717) is 24.7 Å². The number of hydrogen-bond acceptors (Lipinski definition) is 3. The van der Waals surface area contributed by atoms with Gasteiger partial charge >= 0.3 is 6.36 Å². The smallest absolute Gasteiger partial charge is 0.406 e. The summed E-state index contributed by atoms with van der Waals surface area (Å²) in [7, 11) is 0. The number of rotatable bonds is 3. The van der Waals surface area contributed by atoms with Crippen molar-refractivity contribution < 1.29 is 22.7 Å². The number of alkyl halides is 3. The number of nitrogens with zero attached hydrogens (tertiary/aromatic N) is 2. The van der Waals surface area contributed by atoms with E-state index in [-0.39, 0.29) is 11.7 Å². The summed E-state index contributed by atoms with van der Waals surface area (Å²) >= 11 is 0. The molecule has 7 heteroatoms. The van der Waals surface area contributed by atoms with Crippen molar-refractivity contribution in [2.24, 2.45) is 0 Å². The summed E-state index contributed by atoms with van der Waals surface area (Å²) in [5.41, 5.74) is 0.388. The zero-order valence-corrected chi connectivity index (χ0v) is 12.7. The molecule has 1 aromatic carbocycles. The lowest BCUT2D eigenvalue weighted by atomic mass is 10.2. The molecule has 0 radical (unpaired) electrons. The monoisotopic (exact) mass is 328 g/mol. The van der Waals surface area contributed by atoms with E-state index in [9.17, 15) is 18.0 Å². The molecular weight excluding hydrogens is 309 g/mol. The van der Waals surface area contributed by atoms with Crippen molar-refractivity contribution in [2.45, 2.75) is 31.7 Å². The number of halogens is 3. The fourth-order valence-electron chi connectivity index (χ4n) is 2.93. The molecule has 0 spiro atoms. The molecule has 23 heavy (non-hydrogen) atoms. The third-order valence-corrected chi connectivity index (χ3v) is 4.22. The second-order valence-electron chi connectivity index (χ2n) is 5.99. The second-order valence-corrected chi connectivity index (χ2v) is 5.99. The summed E-state index contributed by atoms with van der Waals surface area (Å²) in [6.07, 6.45) is -1.30. The van der Waals surface area contributed by atoms with E-state index in [4.69, 9.17) is 0 Å². The minimum atomic E-state index is -4.72. The molecule has 1 aliphatic heterocycles. The maximum Gasteiger partial charge on any atom is 0.573 e. The first-order valence-electron chi connectivity index (χ1n) is 7.81. The van der Waals surface area contributed by atoms with Gasteiger partial charge in [0.2, 0.25) is 0 Å². The van der Waals surface area contributed by atoms with E-state index >= 15 is 0 Å². The number of hydrogen-bond donors (Lipinski definition) is 0. The fraction of sp³-hybridized carbons (Fsp3) is 0.562. The number of benzene rings is 1. The van der Waals surface area contributed by atoms with Crippen LogP contribution in [0, 0.1) is 0 Å². The number of carbonyl (C=O) groups excluding carboxylic acids is 1. The highest BCUT2D eigenvalue weighted by atomic mass is 19.4. The van der Waals surface area contributed by atoms with Crippen molar-refractivity contribution in [3.05, 3.63) is 29.8 Å². The molecular formula is C16H19F3N2O2. The largest absolute Gasteiger partial charge is 0.573 e. The molecule has 0 atom stereocenters. The molecule has 3 rings (SSSR count). The average Bonchev–Trinajstić information content (AvgIpc) is 3.32. The van der Waals surface area contributed by atoms with Gasteiger partial charge in [0.1, 0.15) is 5.75 Å². The Morgan fingerprint density at radius 1 is 1.04 bits per heavy atom. The summed E-state index contributed by atoms with van der Waals surface area (Å²) in [6.45, 7) is 3.22. The molecule has 1 amide bonds. The van der Waals surface area contributed by atoms with Crippen LogP contribution >= 0.6 is 0 Å². The zero-order chi connectivity index (χ0) is 16.4. The van der Waals surface area contributed by atoms with Crippen LogP contribution in [0.25, 0.3) is 0 Å².